The third-order valence-electron chi connectivity index (χ3n) is 1.42. The molecule has 0 bridgehead atoms. The highest BCUT2D eigenvalue weighted by Gasteiger charge is 2.18. The maximum absolute atomic E-state index is 12.2. The minimum atomic E-state index is -2.83. The summed E-state index contributed by atoms with van der Waals surface area (Å²) in [6.45, 7) is 0. The lowest BCUT2D eigenvalue weighted by atomic mass is 10.2. The molecule has 0 spiro atoms. The van der Waals surface area contributed by atoms with Crippen molar-refractivity contribution in [3.63, 3.8) is 0 Å². The number of amides is 1. The summed E-state index contributed by atoms with van der Waals surface area (Å²) in [5.74, 6) is -1.60. The molecule has 1 aromatic heterocycles. The first-order valence-electron chi connectivity index (χ1n) is 3.41. The van der Waals surface area contributed by atoms with Crippen molar-refractivity contribution < 1.29 is 18.7 Å². The molecule has 14 heavy (non-hydrogen) atoms. The van der Waals surface area contributed by atoms with Crippen LogP contribution in [0.2, 0.25) is 0 Å². The topological polar surface area (TPSA) is 76.2 Å². The molecule has 0 aliphatic heterocycles. The zero-order chi connectivity index (χ0) is 10.9. The van der Waals surface area contributed by atoms with Crippen molar-refractivity contribution in [1.29, 1.82) is 0 Å². The second-order valence-corrected chi connectivity index (χ2v) is 3.25. The Bertz CT molecular complexity index is 384. The first kappa shape index (κ1) is 10.8. The molecule has 0 radical (unpaired) electrons. The van der Waals surface area contributed by atoms with E-state index in [1.165, 1.54) is 0 Å². The highest BCUT2D eigenvalue weighted by Crippen LogP contribution is 2.30. The van der Waals surface area contributed by atoms with Crippen molar-refractivity contribution in [3.8, 4) is 5.75 Å². The van der Waals surface area contributed by atoms with Crippen LogP contribution in [0.15, 0.2) is 10.5 Å². The van der Waals surface area contributed by atoms with Crippen LogP contribution in [-0.2, 0) is 0 Å². The molecule has 0 saturated carbocycles. The molecule has 0 aliphatic carbocycles. The molecule has 1 heterocycles. The summed E-state index contributed by atoms with van der Waals surface area (Å²) in [7, 11) is 0. The Morgan fingerprint density at radius 3 is 2.64 bits per heavy atom. The fourth-order valence-electron chi connectivity index (χ4n) is 0.809. The number of halogens is 3. The molecular weight excluding hydrogens is 262 g/mol. The summed E-state index contributed by atoms with van der Waals surface area (Å²) >= 11 is 2.80. The minimum absolute atomic E-state index is 0.0448. The Morgan fingerprint density at radius 1 is 1.64 bits per heavy atom. The van der Waals surface area contributed by atoms with Gasteiger partial charge < -0.3 is 10.8 Å². The molecule has 0 unspecified atom stereocenters. The number of rotatable bonds is 2. The van der Waals surface area contributed by atoms with Gasteiger partial charge in [-0.2, -0.15) is 0 Å². The summed E-state index contributed by atoms with van der Waals surface area (Å²) in [5.41, 5.74) is 3.63. The van der Waals surface area contributed by atoms with E-state index < -0.39 is 29.5 Å². The average Bonchev–Trinajstić information content (AvgIpc) is 2.08. The van der Waals surface area contributed by atoms with E-state index in [0.717, 1.165) is 6.07 Å². The summed E-state index contributed by atoms with van der Waals surface area (Å²) in [4.78, 5) is 13.9. The van der Waals surface area contributed by atoms with E-state index in [1.54, 1.807) is 0 Å². The van der Waals surface area contributed by atoms with Crippen molar-refractivity contribution in [2.24, 2.45) is 5.73 Å². The molecule has 0 aliphatic rings. The van der Waals surface area contributed by atoms with Crippen molar-refractivity contribution in [2.45, 2.75) is 6.43 Å². The zero-order valence-corrected chi connectivity index (χ0v) is 8.25. The number of nitrogens with zero attached hydrogens (tertiary/aromatic N) is 1. The van der Waals surface area contributed by atoms with Crippen molar-refractivity contribution in [3.05, 3.63) is 21.9 Å². The Hall–Kier alpha value is -1.24. The molecule has 1 aromatic rings. The molecular formula is C7H5BrF2N2O2. The van der Waals surface area contributed by atoms with Gasteiger partial charge in [-0.1, -0.05) is 0 Å². The summed E-state index contributed by atoms with van der Waals surface area (Å²) < 4.78 is 24.4. The van der Waals surface area contributed by atoms with Gasteiger partial charge in [0.25, 0.3) is 12.3 Å². The molecule has 3 N–H and O–H groups in total. The standard InChI is InChI=1S/C7H5BrF2N2O2/c8-2-1-3(6(9)10)12-4(5(2)13)7(11)14/h1,6,13H,(H2,11,14). The molecule has 1 amide bonds. The normalized spacial score (nSPS) is 10.6. The van der Waals surface area contributed by atoms with Gasteiger partial charge in [0.1, 0.15) is 5.69 Å². The predicted octanol–water partition coefficient (Wildman–Crippen LogP) is 1.59. The number of carbonyl (C=O) groups is 1. The minimum Gasteiger partial charge on any atom is -0.504 e. The smallest absolute Gasteiger partial charge is 0.280 e. The van der Waals surface area contributed by atoms with Crippen LogP contribution in [0.3, 0.4) is 0 Å². The maximum atomic E-state index is 12.2. The van der Waals surface area contributed by atoms with Crippen LogP contribution in [0, 0.1) is 0 Å². The number of alkyl halides is 2. The summed E-state index contributed by atoms with van der Waals surface area (Å²) in [6.07, 6.45) is -2.83. The second kappa shape index (κ2) is 3.87. The van der Waals surface area contributed by atoms with Crippen molar-refractivity contribution in [2.75, 3.05) is 0 Å². The van der Waals surface area contributed by atoms with Crippen LogP contribution in [0.1, 0.15) is 22.6 Å². The highest BCUT2D eigenvalue weighted by atomic mass is 79.9. The third-order valence-corrected chi connectivity index (χ3v) is 2.03. The van der Waals surface area contributed by atoms with Gasteiger partial charge in [-0.05, 0) is 22.0 Å². The number of aromatic hydroxyl groups is 1. The van der Waals surface area contributed by atoms with Gasteiger partial charge in [0.05, 0.1) is 4.47 Å². The lowest BCUT2D eigenvalue weighted by Crippen LogP contribution is -2.14. The van der Waals surface area contributed by atoms with E-state index in [-0.39, 0.29) is 4.47 Å². The van der Waals surface area contributed by atoms with Crippen LogP contribution in [0.5, 0.6) is 5.75 Å². The Labute approximate surface area is 85.9 Å². The first-order chi connectivity index (χ1) is 6.43. The molecule has 0 aromatic carbocycles. The van der Waals surface area contributed by atoms with E-state index >= 15 is 0 Å². The largest absolute Gasteiger partial charge is 0.504 e. The lowest BCUT2D eigenvalue weighted by Gasteiger charge is -2.05. The summed E-state index contributed by atoms with van der Waals surface area (Å²) in [5, 5.41) is 9.22. The van der Waals surface area contributed by atoms with Crippen LogP contribution in [0.4, 0.5) is 8.78 Å². The lowest BCUT2D eigenvalue weighted by molar-refractivity contribution is 0.0990. The Kier molecular flexibility index (Phi) is 3.00. The molecule has 0 fully saturated rings. The van der Waals surface area contributed by atoms with E-state index in [9.17, 15) is 18.7 Å². The Balaban J connectivity index is 3.35. The van der Waals surface area contributed by atoms with Gasteiger partial charge in [-0.3, -0.25) is 4.79 Å². The average molecular weight is 267 g/mol. The van der Waals surface area contributed by atoms with Crippen LogP contribution in [-0.4, -0.2) is 16.0 Å². The van der Waals surface area contributed by atoms with Gasteiger partial charge in [0.2, 0.25) is 0 Å². The molecule has 0 atom stereocenters. The number of hydrogen-bond donors (Lipinski definition) is 2. The number of aromatic nitrogens is 1. The number of primary amides is 1. The van der Waals surface area contributed by atoms with E-state index in [2.05, 4.69) is 20.9 Å². The molecule has 0 saturated heterocycles. The fraction of sp³-hybridized carbons (Fsp3) is 0.143. The van der Waals surface area contributed by atoms with Crippen molar-refractivity contribution >= 4 is 21.8 Å². The maximum Gasteiger partial charge on any atom is 0.280 e. The SMILES string of the molecule is NC(=O)c1nc(C(F)F)cc(Br)c1O. The quantitative estimate of drug-likeness (QED) is 0.854. The van der Waals surface area contributed by atoms with Crippen LogP contribution < -0.4 is 5.73 Å². The molecule has 76 valence electrons. The second-order valence-electron chi connectivity index (χ2n) is 2.39. The van der Waals surface area contributed by atoms with Crippen LogP contribution >= 0.6 is 15.9 Å². The van der Waals surface area contributed by atoms with E-state index in [0.29, 0.717) is 0 Å². The van der Waals surface area contributed by atoms with Gasteiger partial charge in [0, 0.05) is 0 Å². The van der Waals surface area contributed by atoms with Gasteiger partial charge >= 0.3 is 0 Å². The van der Waals surface area contributed by atoms with Crippen LogP contribution in [0.25, 0.3) is 0 Å². The molecule has 4 nitrogen and oxygen atoms in total. The number of pyridine rings is 1. The monoisotopic (exact) mass is 266 g/mol. The first-order valence-corrected chi connectivity index (χ1v) is 4.20. The van der Waals surface area contributed by atoms with E-state index in [1.807, 2.05) is 0 Å². The Morgan fingerprint density at radius 2 is 2.21 bits per heavy atom. The predicted molar refractivity (Wildman–Crippen MR) is 47.1 cm³/mol. The fourth-order valence-corrected chi connectivity index (χ4v) is 1.23. The summed E-state index contributed by atoms with van der Waals surface area (Å²) in [6, 6.07) is 0.923. The number of hydrogen-bond acceptors (Lipinski definition) is 3. The third kappa shape index (κ3) is 1.98. The molecule has 7 heteroatoms. The molecule has 1 rings (SSSR count). The number of carbonyl (C=O) groups excluding carboxylic acids is 1. The van der Waals surface area contributed by atoms with Crippen molar-refractivity contribution in [1.82, 2.24) is 4.98 Å². The van der Waals surface area contributed by atoms with E-state index in [4.69, 9.17) is 5.73 Å². The van der Waals surface area contributed by atoms with Gasteiger partial charge in [-0.25, -0.2) is 13.8 Å². The number of nitrogens with two attached hydrogens (primary N) is 1. The van der Waals surface area contributed by atoms with Gasteiger partial charge in [-0.15, -0.1) is 0 Å². The highest BCUT2D eigenvalue weighted by molar-refractivity contribution is 9.10. The zero-order valence-electron chi connectivity index (χ0n) is 6.67. The van der Waals surface area contributed by atoms with Gasteiger partial charge in [0.15, 0.2) is 11.4 Å².